The van der Waals surface area contributed by atoms with Gasteiger partial charge in [0.15, 0.2) is 0 Å². The SMILES string of the molecule is COc1ccc(C2=NC(c3ccc(Br)cc3)C(c3ccc(Br)cc3)N2C(=O)N2CCNC(=O)C2)c(OC(C)C)c1. The average molecular weight is 670 g/mol. The molecule has 0 aliphatic carbocycles. The maximum absolute atomic E-state index is 14.4. The summed E-state index contributed by atoms with van der Waals surface area (Å²) in [6.07, 6.45) is -0.118. The fourth-order valence-electron chi connectivity index (χ4n) is 4.97. The first-order valence-electron chi connectivity index (χ1n) is 13.0. The molecule has 1 fully saturated rings. The van der Waals surface area contributed by atoms with Gasteiger partial charge in [-0.1, -0.05) is 56.1 Å². The van der Waals surface area contributed by atoms with Crippen molar-refractivity contribution in [3.63, 3.8) is 0 Å². The smallest absolute Gasteiger partial charge is 0.326 e. The lowest BCUT2D eigenvalue weighted by atomic mass is 9.94. The molecule has 0 saturated carbocycles. The fourth-order valence-corrected chi connectivity index (χ4v) is 5.50. The van der Waals surface area contributed by atoms with E-state index in [0.29, 0.717) is 36.0 Å². The van der Waals surface area contributed by atoms with E-state index in [1.165, 1.54) is 0 Å². The monoisotopic (exact) mass is 668 g/mol. The van der Waals surface area contributed by atoms with Gasteiger partial charge in [-0.3, -0.25) is 14.7 Å². The van der Waals surface area contributed by atoms with Gasteiger partial charge in [0.05, 0.1) is 24.8 Å². The van der Waals surface area contributed by atoms with Crippen LogP contribution in [0.15, 0.2) is 80.7 Å². The van der Waals surface area contributed by atoms with Crippen LogP contribution in [0.3, 0.4) is 0 Å². The van der Waals surface area contributed by atoms with Crippen molar-refractivity contribution < 1.29 is 19.1 Å². The molecule has 0 aromatic heterocycles. The lowest BCUT2D eigenvalue weighted by Crippen LogP contribution is -2.55. The second kappa shape index (κ2) is 12.0. The zero-order valence-corrected chi connectivity index (χ0v) is 25.6. The molecule has 10 heteroatoms. The lowest BCUT2D eigenvalue weighted by Gasteiger charge is -2.36. The number of hydrogen-bond acceptors (Lipinski definition) is 5. The number of aliphatic imine (C=N–C) groups is 1. The van der Waals surface area contributed by atoms with Crippen LogP contribution in [0.2, 0.25) is 0 Å². The van der Waals surface area contributed by atoms with Gasteiger partial charge in [-0.15, -0.1) is 0 Å². The summed E-state index contributed by atoms with van der Waals surface area (Å²) >= 11 is 7.07. The standard InChI is InChI=1S/C30H30Br2N4O4/c1-18(2)40-25-16-23(39-3)12-13-24(25)29-34-27(19-4-8-21(31)9-5-19)28(20-6-10-22(32)11-7-20)36(29)30(38)35-15-14-33-26(37)17-35/h4-13,16,18,27-28H,14-15,17H2,1-3H3,(H,33,37). The molecule has 2 heterocycles. The number of urea groups is 1. The Kier molecular flexibility index (Phi) is 8.46. The van der Waals surface area contributed by atoms with Gasteiger partial charge >= 0.3 is 6.03 Å². The number of hydrogen-bond donors (Lipinski definition) is 1. The Bertz CT molecular complexity index is 1430. The van der Waals surface area contributed by atoms with E-state index in [1.807, 2.05) is 80.6 Å². The van der Waals surface area contributed by atoms with Crippen LogP contribution in [-0.2, 0) is 4.79 Å². The van der Waals surface area contributed by atoms with Crippen molar-refractivity contribution in [2.24, 2.45) is 4.99 Å². The zero-order valence-electron chi connectivity index (χ0n) is 22.4. The van der Waals surface area contributed by atoms with Crippen molar-refractivity contribution in [2.45, 2.75) is 32.0 Å². The Morgan fingerprint density at radius 1 is 1.00 bits per heavy atom. The van der Waals surface area contributed by atoms with E-state index in [4.69, 9.17) is 14.5 Å². The van der Waals surface area contributed by atoms with Crippen molar-refractivity contribution in [3.8, 4) is 11.5 Å². The van der Waals surface area contributed by atoms with Crippen LogP contribution in [0, 0.1) is 0 Å². The summed E-state index contributed by atoms with van der Waals surface area (Å²) in [4.78, 5) is 35.2. The van der Waals surface area contributed by atoms with Gasteiger partial charge in [-0.2, -0.15) is 0 Å². The highest BCUT2D eigenvalue weighted by molar-refractivity contribution is 9.10. The number of amides is 3. The Morgan fingerprint density at radius 2 is 1.65 bits per heavy atom. The summed E-state index contributed by atoms with van der Waals surface area (Å²) in [7, 11) is 1.60. The summed E-state index contributed by atoms with van der Waals surface area (Å²) < 4.78 is 13.6. The van der Waals surface area contributed by atoms with Crippen LogP contribution >= 0.6 is 31.9 Å². The highest BCUT2D eigenvalue weighted by atomic mass is 79.9. The normalized spacial score (nSPS) is 18.9. The number of benzene rings is 3. The third-order valence-electron chi connectivity index (χ3n) is 6.80. The Labute approximate surface area is 250 Å². The molecule has 0 bridgehead atoms. The van der Waals surface area contributed by atoms with Crippen molar-refractivity contribution in [1.29, 1.82) is 0 Å². The number of nitrogens with zero attached hydrogens (tertiary/aromatic N) is 3. The molecule has 0 spiro atoms. The summed E-state index contributed by atoms with van der Waals surface area (Å²) in [6, 6.07) is 20.3. The highest BCUT2D eigenvalue weighted by Crippen LogP contribution is 2.46. The molecule has 5 rings (SSSR count). The average Bonchev–Trinajstić information content (AvgIpc) is 3.33. The second-order valence-electron chi connectivity index (χ2n) is 9.90. The van der Waals surface area contributed by atoms with E-state index < -0.39 is 12.1 Å². The van der Waals surface area contributed by atoms with Crippen LogP contribution in [0.5, 0.6) is 11.5 Å². The summed E-state index contributed by atoms with van der Waals surface area (Å²) in [5.74, 6) is 1.50. The Hall–Kier alpha value is -3.37. The van der Waals surface area contributed by atoms with E-state index in [2.05, 4.69) is 37.2 Å². The number of ether oxygens (including phenoxy) is 2. The lowest BCUT2D eigenvalue weighted by molar-refractivity contribution is -0.123. The predicted octanol–water partition coefficient (Wildman–Crippen LogP) is 6.10. The minimum absolute atomic E-state index is 0.0173. The molecule has 3 aromatic rings. The minimum Gasteiger partial charge on any atom is -0.497 e. The van der Waals surface area contributed by atoms with Crippen molar-refractivity contribution >= 4 is 49.6 Å². The Morgan fingerprint density at radius 3 is 2.25 bits per heavy atom. The van der Waals surface area contributed by atoms with Crippen LogP contribution in [-0.4, -0.2) is 60.4 Å². The molecule has 0 radical (unpaired) electrons. The topological polar surface area (TPSA) is 83.5 Å². The third-order valence-corrected chi connectivity index (χ3v) is 7.85. The number of amidine groups is 1. The first kappa shape index (κ1) is 28.2. The molecular formula is C30H30Br2N4O4. The maximum Gasteiger partial charge on any atom is 0.326 e. The number of rotatable bonds is 6. The van der Waals surface area contributed by atoms with Gasteiger partial charge in [0.25, 0.3) is 0 Å². The first-order valence-corrected chi connectivity index (χ1v) is 14.6. The van der Waals surface area contributed by atoms with E-state index in [0.717, 1.165) is 20.1 Å². The molecule has 208 valence electrons. The van der Waals surface area contributed by atoms with Crippen LogP contribution in [0.1, 0.15) is 42.6 Å². The van der Waals surface area contributed by atoms with Gasteiger partial charge in [-0.25, -0.2) is 4.79 Å². The summed E-state index contributed by atoms with van der Waals surface area (Å²) in [6.45, 7) is 4.68. The van der Waals surface area contributed by atoms with E-state index in [-0.39, 0.29) is 24.6 Å². The molecule has 2 aliphatic rings. The molecule has 40 heavy (non-hydrogen) atoms. The number of piperazine rings is 1. The van der Waals surface area contributed by atoms with Gasteiger partial charge in [0.1, 0.15) is 29.9 Å². The van der Waals surface area contributed by atoms with Crippen LogP contribution in [0.4, 0.5) is 4.79 Å². The zero-order chi connectivity index (χ0) is 28.4. The largest absolute Gasteiger partial charge is 0.497 e. The van der Waals surface area contributed by atoms with E-state index in [1.54, 1.807) is 16.9 Å². The molecule has 2 aliphatic heterocycles. The van der Waals surface area contributed by atoms with E-state index in [9.17, 15) is 9.59 Å². The summed E-state index contributed by atoms with van der Waals surface area (Å²) in [5, 5.41) is 2.81. The van der Waals surface area contributed by atoms with Gasteiger partial charge in [0, 0.05) is 28.1 Å². The molecule has 2 unspecified atom stereocenters. The third kappa shape index (κ3) is 5.88. The highest BCUT2D eigenvalue weighted by Gasteiger charge is 2.45. The van der Waals surface area contributed by atoms with Crippen molar-refractivity contribution in [3.05, 3.63) is 92.4 Å². The van der Waals surface area contributed by atoms with E-state index >= 15 is 0 Å². The molecular weight excluding hydrogens is 640 g/mol. The second-order valence-corrected chi connectivity index (χ2v) is 11.7. The minimum atomic E-state index is -0.462. The fraction of sp³-hybridized carbons (Fsp3) is 0.300. The van der Waals surface area contributed by atoms with Crippen LogP contribution < -0.4 is 14.8 Å². The molecule has 2 atom stereocenters. The molecule has 1 N–H and O–H groups in total. The first-order chi connectivity index (χ1) is 19.2. The summed E-state index contributed by atoms with van der Waals surface area (Å²) in [5.41, 5.74) is 2.55. The maximum atomic E-state index is 14.4. The van der Waals surface area contributed by atoms with Crippen molar-refractivity contribution in [2.75, 3.05) is 26.7 Å². The van der Waals surface area contributed by atoms with Crippen LogP contribution in [0.25, 0.3) is 0 Å². The van der Waals surface area contributed by atoms with Gasteiger partial charge < -0.3 is 19.7 Å². The molecule has 1 saturated heterocycles. The predicted molar refractivity (Wildman–Crippen MR) is 161 cm³/mol. The number of halogens is 2. The van der Waals surface area contributed by atoms with Crippen molar-refractivity contribution in [1.82, 2.24) is 15.1 Å². The number of carbonyl (C=O) groups is 2. The quantitative estimate of drug-likeness (QED) is 0.344. The number of carbonyl (C=O) groups excluding carboxylic acids is 2. The Balaban J connectivity index is 1.71. The molecule has 3 amide bonds. The number of methoxy groups -OCH3 is 1. The molecule has 3 aromatic carbocycles. The number of nitrogens with one attached hydrogen (secondary N) is 1. The van der Waals surface area contributed by atoms with Gasteiger partial charge in [-0.05, 0) is 61.4 Å². The molecule has 8 nitrogen and oxygen atoms in total. The van der Waals surface area contributed by atoms with Gasteiger partial charge in [0.2, 0.25) is 5.91 Å².